The molecule has 98 valence electrons. The molecular formula is C14H18ClNO2. The Balaban J connectivity index is 1.89. The van der Waals surface area contributed by atoms with Crippen molar-refractivity contribution in [2.45, 2.75) is 50.9 Å². The molecule has 3 rings (SSSR count). The molecule has 1 atom stereocenters. The van der Waals surface area contributed by atoms with Crippen molar-refractivity contribution in [3.63, 3.8) is 0 Å². The largest absolute Gasteiger partial charge is 0.448 e. The molecule has 1 aromatic carbocycles. The molecule has 0 amide bonds. The van der Waals surface area contributed by atoms with E-state index in [1.807, 2.05) is 19.1 Å². The van der Waals surface area contributed by atoms with Crippen LogP contribution in [0.1, 0.15) is 38.2 Å². The van der Waals surface area contributed by atoms with E-state index in [0.29, 0.717) is 5.02 Å². The summed E-state index contributed by atoms with van der Waals surface area (Å²) in [6.45, 7) is 1.97. The van der Waals surface area contributed by atoms with Crippen molar-refractivity contribution in [2.24, 2.45) is 5.73 Å². The zero-order chi connectivity index (χ0) is 12.8. The Kier molecular flexibility index (Phi) is 2.91. The molecule has 4 heteroatoms. The molecule has 1 unspecified atom stereocenters. The first kappa shape index (κ1) is 12.1. The van der Waals surface area contributed by atoms with Gasteiger partial charge in [0.2, 0.25) is 0 Å². The van der Waals surface area contributed by atoms with Gasteiger partial charge in [-0.15, -0.1) is 0 Å². The van der Waals surface area contributed by atoms with Gasteiger partial charge < -0.3 is 15.2 Å². The molecule has 0 radical (unpaired) electrons. The van der Waals surface area contributed by atoms with Gasteiger partial charge in [-0.2, -0.15) is 0 Å². The third-order valence-corrected chi connectivity index (χ3v) is 3.96. The monoisotopic (exact) mass is 267 g/mol. The molecule has 18 heavy (non-hydrogen) atoms. The lowest BCUT2D eigenvalue weighted by molar-refractivity contribution is -0.0716. The van der Waals surface area contributed by atoms with Crippen molar-refractivity contribution in [3.05, 3.63) is 22.7 Å². The van der Waals surface area contributed by atoms with E-state index in [-0.39, 0.29) is 6.04 Å². The van der Waals surface area contributed by atoms with E-state index in [9.17, 15) is 0 Å². The smallest absolute Gasteiger partial charge is 0.251 e. The van der Waals surface area contributed by atoms with Crippen LogP contribution in [0.25, 0.3) is 0 Å². The standard InChI is InChI=1S/C14H18ClNO2/c1-9(16)6-10-7-12-13(8-11(10)15)18-14(17-12)4-2-3-5-14/h7-9H,2-6,16H2,1H3. The van der Waals surface area contributed by atoms with E-state index in [1.54, 1.807) is 0 Å². The Bertz CT molecular complexity index is 467. The summed E-state index contributed by atoms with van der Waals surface area (Å²) < 4.78 is 12.0. The van der Waals surface area contributed by atoms with Crippen LogP contribution in [0, 0.1) is 0 Å². The van der Waals surface area contributed by atoms with Crippen LogP contribution in [0.15, 0.2) is 12.1 Å². The van der Waals surface area contributed by atoms with Gasteiger partial charge in [0.1, 0.15) is 0 Å². The first-order valence-electron chi connectivity index (χ1n) is 6.54. The lowest BCUT2D eigenvalue weighted by Gasteiger charge is -2.21. The lowest BCUT2D eigenvalue weighted by Crippen LogP contribution is -2.34. The number of fused-ring (bicyclic) bond motifs is 1. The van der Waals surface area contributed by atoms with E-state index in [1.165, 1.54) is 0 Å². The molecule has 1 saturated carbocycles. The summed E-state index contributed by atoms with van der Waals surface area (Å²) in [4.78, 5) is 0. The number of halogens is 1. The van der Waals surface area contributed by atoms with Gasteiger partial charge in [-0.3, -0.25) is 0 Å². The second-order valence-corrected chi connectivity index (χ2v) is 5.80. The van der Waals surface area contributed by atoms with Crippen molar-refractivity contribution >= 4 is 11.6 Å². The molecule has 1 spiro atoms. The van der Waals surface area contributed by atoms with Gasteiger partial charge in [0.05, 0.1) is 0 Å². The SMILES string of the molecule is CC(N)Cc1cc2c(cc1Cl)OC1(CCCC1)O2. The number of rotatable bonds is 2. The molecule has 2 aliphatic rings. The predicted molar refractivity (Wildman–Crippen MR) is 71.3 cm³/mol. The Morgan fingerprint density at radius 2 is 1.89 bits per heavy atom. The molecule has 0 bridgehead atoms. The van der Waals surface area contributed by atoms with Crippen molar-refractivity contribution in [1.82, 2.24) is 0 Å². The predicted octanol–water partition coefficient (Wildman–Crippen LogP) is 3.27. The zero-order valence-electron chi connectivity index (χ0n) is 10.5. The highest BCUT2D eigenvalue weighted by molar-refractivity contribution is 6.31. The highest BCUT2D eigenvalue weighted by atomic mass is 35.5. The molecular weight excluding hydrogens is 250 g/mol. The summed E-state index contributed by atoms with van der Waals surface area (Å²) in [6.07, 6.45) is 5.00. The summed E-state index contributed by atoms with van der Waals surface area (Å²) in [5.74, 6) is 1.17. The van der Waals surface area contributed by atoms with Crippen molar-refractivity contribution in [1.29, 1.82) is 0 Å². The summed E-state index contributed by atoms with van der Waals surface area (Å²) in [5, 5.41) is 0.713. The van der Waals surface area contributed by atoms with Gasteiger partial charge in [0.15, 0.2) is 11.5 Å². The Morgan fingerprint density at radius 1 is 1.28 bits per heavy atom. The first-order chi connectivity index (χ1) is 8.58. The van der Waals surface area contributed by atoms with Crippen LogP contribution in [0.3, 0.4) is 0 Å². The zero-order valence-corrected chi connectivity index (χ0v) is 11.3. The van der Waals surface area contributed by atoms with Crippen LogP contribution >= 0.6 is 11.6 Å². The topological polar surface area (TPSA) is 44.5 Å². The fourth-order valence-electron chi connectivity index (χ4n) is 2.78. The Hall–Kier alpha value is -0.930. The number of ether oxygens (including phenoxy) is 2. The van der Waals surface area contributed by atoms with Crippen LogP contribution in [0.2, 0.25) is 5.02 Å². The lowest BCUT2D eigenvalue weighted by atomic mass is 10.1. The van der Waals surface area contributed by atoms with E-state index in [2.05, 4.69) is 0 Å². The molecule has 2 N–H and O–H groups in total. The van der Waals surface area contributed by atoms with E-state index in [4.69, 9.17) is 26.8 Å². The van der Waals surface area contributed by atoms with Gasteiger partial charge in [-0.1, -0.05) is 11.6 Å². The summed E-state index contributed by atoms with van der Waals surface area (Å²) in [5.41, 5.74) is 6.85. The van der Waals surface area contributed by atoms with Crippen LogP contribution in [0.4, 0.5) is 0 Å². The first-order valence-corrected chi connectivity index (χ1v) is 6.92. The van der Waals surface area contributed by atoms with Crippen molar-refractivity contribution in [3.8, 4) is 11.5 Å². The summed E-state index contributed by atoms with van der Waals surface area (Å²) >= 11 is 6.26. The fourth-order valence-corrected chi connectivity index (χ4v) is 3.01. The molecule has 0 aromatic heterocycles. The van der Waals surface area contributed by atoms with Gasteiger partial charge >= 0.3 is 0 Å². The average molecular weight is 268 g/mol. The highest BCUT2D eigenvalue weighted by Crippen LogP contribution is 2.48. The van der Waals surface area contributed by atoms with E-state index in [0.717, 1.165) is 49.2 Å². The second-order valence-electron chi connectivity index (χ2n) is 5.39. The number of benzene rings is 1. The molecule has 3 nitrogen and oxygen atoms in total. The number of nitrogens with two attached hydrogens (primary N) is 1. The van der Waals surface area contributed by atoms with Gasteiger partial charge in [-0.05, 0) is 37.8 Å². The van der Waals surface area contributed by atoms with Crippen LogP contribution in [-0.2, 0) is 6.42 Å². The minimum Gasteiger partial charge on any atom is -0.448 e. The summed E-state index contributed by atoms with van der Waals surface area (Å²) in [6, 6.07) is 3.93. The van der Waals surface area contributed by atoms with E-state index < -0.39 is 5.79 Å². The minimum absolute atomic E-state index is 0.0864. The molecule has 1 fully saturated rings. The molecule has 1 aliphatic carbocycles. The van der Waals surface area contributed by atoms with Crippen molar-refractivity contribution < 1.29 is 9.47 Å². The van der Waals surface area contributed by atoms with Crippen LogP contribution < -0.4 is 15.2 Å². The highest BCUT2D eigenvalue weighted by Gasteiger charge is 2.44. The molecule has 1 heterocycles. The maximum absolute atomic E-state index is 6.26. The van der Waals surface area contributed by atoms with E-state index >= 15 is 0 Å². The minimum atomic E-state index is -0.418. The molecule has 1 aromatic rings. The van der Waals surface area contributed by atoms with Crippen molar-refractivity contribution in [2.75, 3.05) is 0 Å². The quantitative estimate of drug-likeness (QED) is 0.894. The Morgan fingerprint density at radius 3 is 2.50 bits per heavy atom. The maximum atomic E-state index is 6.26. The number of hydrogen-bond acceptors (Lipinski definition) is 3. The second kappa shape index (κ2) is 4.32. The molecule has 1 aliphatic heterocycles. The van der Waals surface area contributed by atoms with Crippen LogP contribution in [0.5, 0.6) is 11.5 Å². The normalized spacial score (nSPS) is 21.5. The molecule has 0 saturated heterocycles. The maximum Gasteiger partial charge on any atom is 0.251 e. The van der Waals surface area contributed by atoms with Gasteiger partial charge in [0.25, 0.3) is 5.79 Å². The third-order valence-electron chi connectivity index (χ3n) is 3.61. The van der Waals surface area contributed by atoms with Gasteiger partial charge in [0, 0.05) is 30.0 Å². The average Bonchev–Trinajstić information content (AvgIpc) is 2.86. The number of hydrogen-bond donors (Lipinski definition) is 1. The van der Waals surface area contributed by atoms with Gasteiger partial charge in [-0.25, -0.2) is 0 Å². The third kappa shape index (κ3) is 2.06. The summed E-state index contributed by atoms with van der Waals surface area (Å²) in [7, 11) is 0. The Labute approximate surface area is 112 Å². The fraction of sp³-hybridized carbons (Fsp3) is 0.571. The van der Waals surface area contributed by atoms with Crippen LogP contribution in [-0.4, -0.2) is 11.8 Å².